The molecule has 23 heavy (non-hydrogen) atoms. The quantitative estimate of drug-likeness (QED) is 0.651. The first-order valence-corrected chi connectivity index (χ1v) is 7.48. The van der Waals surface area contributed by atoms with Crippen molar-refractivity contribution >= 4 is 0 Å². The van der Waals surface area contributed by atoms with E-state index in [4.69, 9.17) is 4.74 Å². The lowest BCUT2D eigenvalue weighted by molar-refractivity contribution is 0.482. The molecule has 0 aliphatic rings. The number of nitrogens with zero attached hydrogens (tertiary/aromatic N) is 1. The van der Waals surface area contributed by atoms with E-state index in [9.17, 15) is 5.26 Å². The number of nitriles is 1. The van der Waals surface area contributed by atoms with Crippen LogP contribution < -0.4 is 4.74 Å². The number of rotatable bonds is 5. The van der Waals surface area contributed by atoms with Crippen LogP contribution in [0.4, 0.5) is 0 Å². The van der Waals surface area contributed by atoms with E-state index in [1.54, 1.807) is 0 Å². The summed E-state index contributed by atoms with van der Waals surface area (Å²) in [6, 6.07) is 29.6. The Morgan fingerprint density at radius 1 is 0.783 bits per heavy atom. The molecular formula is C21H16NO. The number of hydrogen-bond acceptors (Lipinski definition) is 2. The van der Waals surface area contributed by atoms with E-state index in [-0.39, 0.29) is 0 Å². The summed E-state index contributed by atoms with van der Waals surface area (Å²) in [5.74, 6) is 2.25. The van der Waals surface area contributed by atoms with Crippen LogP contribution in [0.2, 0.25) is 0 Å². The number of benzene rings is 3. The Kier molecular flexibility index (Phi) is 4.71. The van der Waals surface area contributed by atoms with Crippen molar-refractivity contribution in [3.8, 4) is 17.6 Å². The average Bonchev–Trinajstić information content (AvgIpc) is 2.62. The van der Waals surface area contributed by atoms with Crippen LogP contribution in [0.1, 0.15) is 11.1 Å². The normalized spacial score (nSPS) is 10.3. The summed E-state index contributed by atoms with van der Waals surface area (Å²) < 4.78 is 5.84. The molecule has 0 heterocycles. The molecule has 1 radical (unpaired) electrons. The van der Waals surface area contributed by atoms with Gasteiger partial charge in [-0.3, -0.25) is 0 Å². The predicted octanol–water partition coefficient (Wildman–Crippen LogP) is 5.17. The van der Waals surface area contributed by atoms with Crippen molar-refractivity contribution in [3.05, 3.63) is 102 Å². The Bertz CT molecular complexity index is 791. The SMILES string of the molecule is N#C[C](Cc1ccccc1)c1cccc(Oc2ccccc2)c1. The minimum absolute atomic E-state index is 0.617. The third-order valence-corrected chi connectivity index (χ3v) is 3.52. The van der Waals surface area contributed by atoms with E-state index < -0.39 is 0 Å². The summed E-state index contributed by atoms with van der Waals surface area (Å²) in [6.45, 7) is 0. The second kappa shape index (κ2) is 7.29. The van der Waals surface area contributed by atoms with Gasteiger partial charge >= 0.3 is 0 Å². The monoisotopic (exact) mass is 298 g/mol. The molecule has 0 atom stereocenters. The van der Waals surface area contributed by atoms with Crippen LogP contribution in [-0.2, 0) is 6.42 Å². The van der Waals surface area contributed by atoms with E-state index in [0.29, 0.717) is 6.42 Å². The highest BCUT2D eigenvalue weighted by Gasteiger charge is 2.13. The maximum atomic E-state index is 9.49. The van der Waals surface area contributed by atoms with E-state index in [1.807, 2.05) is 84.9 Å². The number of hydrogen-bond donors (Lipinski definition) is 0. The first kappa shape index (κ1) is 14.9. The lowest BCUT2D eigenvalue weighted by Crippen LogP contribution is -2.01. The van der Waals surface area contributed by atoms with E-state index in [0.717, 1.165) is 28.5 Å². The summed E-state index contributed by atoms with van der Waals surface area (Å²) >= 11 is 0. The standard InChI is InChI=1S/C21H16NO/c22-16-19(14-17-8-3-1-4-9-17)18-10-7-13-21(15-18)23-20-11-5-2-6-12-20/h1-13,15H,14H2. The Morgan fingerprint density at radius 2 is 1.43 bits per heavy atom. The van der Waals surface area contributed by atoms with Gasteiger partial charge in [-0.1, -0.05) is 60.7 Å². The average molecular weight is 298 g/mol. The predicted molar refractivity (Wildman–Crippen MR) is 91.1 cm³/mol. The molecule has 0 fully saturated rings. The van der Waals surface area contributed by atoms with Gasteiger partial charge in [-0.25, -0.2) is 0 Å². The lowest BCUT2D eigenvalue weighted by atomic mass is 9.93. The van der Waals surface area contributed by atoms with Gasteiger partial charge in [-0.05, 0) is 41.8 Å². The van der Waals surface area contributed by atoms with Gasteiger partial charge in [-0.2, -0.15) is 5.26 Å². The molecule has 111 valence electrons. The summed E-state index contributed by atoms with van der Waals surface area (Å²) in [5.41, 5.74) is 2.02. The molecule has 0 unspecified atom stereocenters. The van der Waals surface area contributed by atoms with E-state index in [1.165, 1.54) is 0 Å². The maximum absolute atomic E-state index is 9.49. The van der Waals surface area contributed by atoms with Crippen LogP contribution in [0, 0.1) is 17.2 Å². The van der Waals surface area contributed by atoms with Crippen molar-refractivity contribution in [2.24, 2.45) is 0 Å². The van der Waals surface area contributed by atoms with Crippen molar-refractivity contribution in [2.45, 2.75) is 6.42 Å². The summed E-state index contributed by atoms with van der Waals surface area (Å²) in [7, 11) is 0. The third-order valence-electron chi connectivity index (χ3n) is 3.52. The van der Waals surface area contributed by atoms with Crippen LogP contribution in [-0.4, -0.2) is 0 Å². The molecule has 0 saturated heterocycles. The first-order chi connectivity index (χ1) is 11.3. The van der Waals surface area contributed by atoms with Crippen LogP contribution in [0.15, 0.2) is 84.9 Å². The van der Waals surface area contributed by atoms with E-state index in [2.05, 4.69) is 6.07 Å². The highest BCUT2D eigenvalue weighted by atomic mass is 16.5. The van der Waals surface area contributed by atoms with Crippen LogP contribution >= 0.6 is 0 Å². The highest BCUT2D eigenvalue weighted by molar-refractivity contribution is 5.46. The zero-order valence-electron chi connectivity index (χ0n) is 12.6. The molecule has 0 aromatic heterocycles. The zero-order valence-corrected chi connectivity index (χ0v) is 12.6. The highest BCUT2D eigenvalue weighted by Crippen LogP contribution is 2.26. The molecule has 2 nitrogen and oxygen atoms in total. The number of ether oxygens (including phenoxy) is 1. The van der Waals surface area contributed by atoms with Crippen LogP contribution in [0.25, 0.3) is 0 Å². The van der Waals surface area contributed by atoms with Gasteiger partial charge in [0.1, 0.15) is 17.4 Å². The molecule has 3 aromatic carbocycles. The van der Waals surface area contributed by atoms with Gasteiger partial charge in [0.2, 0.25) is 0 Å². The van der Waals surface area contributed by atoms with E-state index >= 15 is 0 Å². The second-order valence-electron chi connectivity index (χ2n) is 5.20. The Hall–Kier alpha value is -3.05. The molecule has 0 N–H and O–H groups in total. The Balaban J connectivity index is 1.79. The van der Waals surface area contributed by atoms with Crippen molar-refractivity contribution in [3.63, 3.8) is 0 Å². The van der Waals surface area contributed by atoms with Gasteiger partial charge in [0, 0.05) is 0 Å². The maximum Gasteiger partial charge on any atom is 0.127 e. The molecule has 3 aromatic rings. The first-order valence-electron chi connectivity index (χ1n) is 7.48. The second-order valence-corrected chi connectivity index (χ2v) is 5.20. The van der Waals surface area contributed by atoms with Crippen LogP contribution in [0.5, 0.6) is 11.5 Å². The fraction of sp³-hybridized carbons (Fsp3) is 0.0476. The summed E-state index contributed by atoms with van der Waals surface area (Å²) in [4.78, 5) is 0. The van der Waals surface area contributed by atoms with Gasteiger partial charge in [0.25, 0.3) is 0 Å². The topological polar surface area (TPSA) is 33.0 Å². The van der Waals surface area contributed by atoms with Gasteiger partial charge < -0.3 is 4.74 Å². The van der Waals surface area contributed by atoms with Crippen molar-refractivity contribution in [2.75, 3.05) is 0 Å². The lowest BCUT2D eigenvalue weighted by Gasteiger charge is -2.11. The van der Waals surface area contributed by atoms with Crippen LogP contribution in [0.3, 0.4) is 0 Å². The van der Waals surface area contributed by atoms with Crippen molar-refractivity contribution < 1.29 is 4.74 Å². The molecule has 0 amide bonds. The minimum atomic E-state index is 0.617. The fourth-order valence-corrected chi connectivity index (χ4v) is 2.38. The van der Waals surface area contributed by atoms with Gasteiger partial charge in [-0.15, -0.1) is 0 Å². The van der Waals surface area contributed by atoms with Gasteiger partial charge in [0.05, 0.1) is 6.07 Å². The Labute approximate surface area is 136 Å². The molecular weight excluding hydrogens is 282 g/mol. The largest absolute Gasteiger partial charge is 0.457 e. The number of para-hydroxylation sites is 1. The molecule has 0 bridgehead atoms. The van der Waals surface area contributed by atoms with Crippen molar-refractivity contribution in [1.29, 1.82) is 5.26 Å². The minimum Gasteiger partial charge on any atom is -0.457 e. The summed E-state index contributed by atoms with van der Waals surface area (Å²) in [5, 5.41) is 9.49. The zero-order chi connectivity index (χ0) is 15.9. The summed E-state index contributed by atoms with van der Waals surface area (Å²) in [6.07, 6.45) is 0.617. The molecule has 0 saturated carbocycles. The smallest absolute Gasteiger partial charge is 0.127 e. The molecule has 0 aliphatic heterocycles. The Morgan fingerprint density at radius 3 is 2.13 bits per heavy atom. The fourth-order valence-electron chi connectivity index (χ4n) is 2.38. The van der Waals surface area contributed by atoms with Crippen molar-refractivity contribution in [1.82, 2.24) is 0 Å². The molecule has 0 spiro atoms. The molecule has 3 rings (SSSR count). The third kappa shape index (κ3) is 3.99. The molecule has 0 aliphatic carbocycles. The van der Waals surface area contributed by atoms with Gasteiger partial charge in [0.15, 0.2) is 0 Å². The molecule has 2 heteroatoms.